The van der Waals surface area contributed by atoms with Crippen LogP contribution in [-0.2, 0) is 12.8 Å². The van der Waals surface area contributed by atoms with Gasteiger partial charge in [0.05, 0.1) is 6.04 Å². The summed E-state index contributed by atoms with van der Waals surface area (Å²) in [6.45, 7) is 0. The van der Waals surface area contributed by atoms with Gasteiger partial charge in [0.1, 0.15) is 5.82 Å². The van der Waals surface area contributed by atoms with Crippen molar-refractivity contribution in [3.8, 4) is 0 Å². The first-order valence-electron chi connectivity index (χ1n) is 5.99. The molecule has 17 heavy (non-hydrogen) atoms. The maximum atomic E-state index is 6.19. The van der Waals surface area contributed by atoms with E-state index in [9.17, 15) is 0 Å². The van der Waals surface area contributed by atoms with Crippen LogP contribution in [-0.4, -0.2) is 9.97 Å². The highest BCUT2D eigenvalue weighted by Gasteiger charge is 2.15. The van der Waals surface area contributed by atoms with E-state index in [1.54, 1.807) is 18.5 Å². The summed E-state index contributed by atoms with van der Waals surface area (Å²) in [7, 11) is 0. The Morgan fingerprint density at radius 2 is 1.82 bits per heavy atom. The van der Waals surface area contributed by atoms with Crippen molar-refractivity contribution in [3.05, 3.63) is 59.2 Å². The molecule has 0 spiro atoms. The maximum absolute atomic E-state index is 6.19. The average molecular weight is 225 g/mol. The van der Waals surface area contributed by atoms with E-state index in [0.29, 0.717) is 5.82 Å². The number of aromatic nitrogens is 2. The van der Waals surface area contributed by atoms with Crippen molar-refractivity contribution >= 4 is 0 Å². The van der Waals surface area contributed by atoms with Crippen molar-refractivity contribution in [3.63, 3.8) is 0 Å². The van der Waals surface area contributed by atoms with Crippen LogP contribution in [0.5, 0.6) is 0 Å². The van der Waals surface area contributed by atoms with Gasteiger partial charge in [-0.05, 0) is 42.0 Å². The molecule has 3 nitrogen and oxygen atoms in total. The van der Waals surface area contributed by atoms with E-state index in [1.807, 2.05) is 0 Å². The molecule has 1 aliphatic carbocycles. The van der Waals surface area contributed by atoms with E-state index in [2.05, 4.69) is 28.2 Å². The summed E-state index contributed by atoms with van der Waals surface area (Å²) < 4.78 is 0. The molecule has 1 heterocycles. The van der Waals surface area contributed by atoms with E-state index < -0.39 is 0 Å². The molecule has 3 heteroatoms. The minimum atomic E-state index is -0.220. The molecule has 2 N–H and O–H groups in total. The van der Waals surface area contributed by atoms with Crippen molar-refractivity contribution < 1.29 is 0 Å². The van der Waals surface area contributed by atoms with Gasteiger partial charge in [0.25, 0.3) is 0 Å². The van der Waals surface area contributed by atoms with Crippen LogP contribution in [0.4, 0.5) is 0 Å². The van der Waals surface area contributed by atoms with E-state index in [4.69, 9.17) is 5.73 Å². The molecule has 1 atom stereocenters. The van der Waals surface area contributed by atoms with Crippen LogP contribution in [0.25, 0.3) is 0 Å². The Labute approximate surface area is 101 Å². The lowest BCUT2D eigenvalue weighted by atomic mass is 10.0. The molecule has 1 aromatic carbocycles. The van der Waals surface area contributed by atoms with Crippen molar-refractivity contribution in [2.45, 2.75) is 25.3 Å². The van der Waals surface area contributed by atoms with E-state index in [-0.39, 0.29) is 6.04 Å². The summed E-state index contributed by atoms with van der Waals surface area (Å²) >= 11 is 0. The van der Waals surface area contributed by atoms with Gasteiger partial charge in [-0.2, -0.15) is 0 Å². The Morgan fingerprint density at radius 1 is 1.06 bits per heavy atom. The van der Waals surface area contributed by atoms with E-state index in [1.165, 1.54) is 30.4 Å². The number of benzene rings is 1. The van der Waals surface area contributed by atoms with Crippen LogP contribution < -0.4 is 5.73 Å². The van der Waals surface area contributed by atoms with Crippen LogP contribution in [0.2, 0.25) is 0 Å². The third kappa shape index (κ3) is 1.94. The van der Waals surface area contributed by atoms with Crippen LogP contribution in [0.3, 0.4) is 0 Å². The number of hydrogen-bond donors (Lipinski definition) is 1. The zero-order chi connectivity index (χ0) is 11.7. The quantitative estimate of drug-likeness (QED) is 0.850. The summed E-state index contributed by atoms with van der Waals surface area (Å²) in [5, 5.41) is 0. The lowest BCUT2D eigenvalue weighted by molar-refractivity contribution is 0.779. The number of aryl methyl sites for hydroxylation is 2. The predicted molar refractivity (Wildman–Crippen MR) is 66.5 cm³/mol. The van der Waals surface area contributed by atoms with E-state index in [0.717, 1.165) is 5.56 Å². The Morgan fingerprint density at radius 3 is 2.65 bits per heavy atom. The van der Waals surface area contributed by atoms with Crippen molar-refractivity contribution in [2.24, 2.45) is 5.73 Å². The molecule has 1 aliphatic rings. The first-order valence-corrected chi connectivity index (χ1v) is 5.99. The van der Waals surface area contributed by atoms with Gasteiger partial charge in [0.15, 0.2) is 0 Å². The summed E-state index contributed by atoms with van der Waals surface area (Å²) in [4.78, 5) is 8.42. The second kappa shape index (κ2) is 4.26. The fraction of sp³-hybridized carbons (Fsp3) is 0.286. The summed E-state index contributed by atoms with van der Waals surface area (Å²) in [5.74, 6) is 0.686. The largest absolute Gasteiger partial charge is 0.318 e. The highest BCUT2D eigenvalue weighted by atomic mass is 14.9. The fourth-order valence-corrected chi connectivity index (χ4v) is 2.41. The molecule has 1 aromatic heterocycles. The highest BCUT2D eigenvalue weighted by molar-refractivity contribution is 5.37. The number of rotatable bonds is 2. The predicted octanol–water partition coefficient (Wildman–Crippen LogP) is 2.01. The minimum absolute atomic E-state index is 0.220. The summed E-state index contributed by atoms with van der Waals surface area (Å²) in [5.41, 5.74) is 10.2. The monoisotopic (exact) mass is 225 g/mol. The van der Waals surface area contributed by atoms with Gasteiger partial charge < -0.3 is 5.73 Å². The van der Waals surface area contributed by atoms with Gasteiger partial charge in [-0.3, -0.25) is 0 Å². The topological polar surface area (TPSA) is 51.8 Å². The first kappa shape index (κ1) is 10.4. The maximum Gasteiger partial charge on any atom is 0.149 e. The minimum Gasteiger partial charge on any atom is -0.318 e. The second-order valence-electron chi connectivity index (χ2n) is 4.47. The van der Waals surface area contributed by atoms with Crippen LogP contribution in [0, 0.1) is 0 Å². The second-order valence-corrected chi connectivity index (χ2v) is 4.47. The molecule has 0 aliphatic heterocycles. The van der Waals surface area contributed by atoms with Gasteiger partial charge >= 0.3 is 0 Å². The number of nitrogens with two attached hydrogens (primary N) is 1. The van der Waals surface area contributed by atoms with E-state index >= 15 is 0 Å². The Kier molecular flexibility index (Phi) is 2.61. The smallest absolute Gasteiger partial charge is 0.149 e. The third-order valence-electron chi connectivity index (χ3n) is 3.35. The number of hydrogen-bond acceptors (Lipinski definition) is 3. The zero-order valence-electron chi connectivity index (χ0n) is 9.63. The molecule has 1 unspecified atom stereocenters. The van der Waals surface area contributed by atoms with Crippen molar-refractivity contribution in [1.82, 2.24) is 9.97 Å². The molecule has 0 amide bonds. The lowest BCUT2D eigenvalue weighted by Crippen LogP contribution is -2.15. The molecular formula is C14H15N3. The summed E-state index contributed by atoms with van der Waals surface area (Å²) in [6, 6.07) is 8.09. The Bertz CT molecular complexity index is 522. The average Bonchev–Trinajstić information content (AvgIpc) is 2.86. The van der Waals surface area contributed by atoms with Crippen LogP contribution >= 0.6 is 0 Å². The van der Waals surface area contributed by atoms with Gasteiger partial charge in [-0.15, -0.1) is 0 Å². The normalized spacial score (nSPS) is 15.6. The molecule has 0 saturated carbocycles. The van der Waals surface area contributed by atoms with Gasteiger partial charge in [0, 0.05) is 12.4 Å². The number of nitrogens with zero attached hydrogens (tertiary/aromatic N) is 2. The molecule has 2 aromatic rings. The van der Waals surface area contributed by atoms with Crippen molar-refractivity contribution in [1.29, 1.82) is 0 Å². The van der Waals surface area contributed by atoms with Crippen LogP contribution in [0.1, 0.15) is 35.0 Å². The molecule has 0 saturated heterocycles. The SMILES string of the molecule is NC(c1ccc2c(c1)CCC2)c1ncccn1. The molecular weight excluding hydrogens is 210 g/mol. The Balaban J connectivity index is 1.94. The zero-order valence-corrected chi connectivity index (χ0v) is 9.63. The van der Waals surface area contributed by atoms with Gasteiger partial charge in [-0.25, -0.2) is 9.97 Å². The standard InChI is InChI=1S/C14H15N3/c15-13(14-16-7-2-8-17-14)12-6-5-10-3-1-4-11(10)9-12/h2,5-9,13H,1,3-4,15H2. The lowest BCUT2D eigenvalue weighted by Gasteiger charge is -2.11. The summed E-state index contributed by atoms with van der Waals surface area (Å²) in [6.07, 6.45) is 7.10. The molecule has 0 bridgehead atoms. The fourth-order valence-electron chi connectivity index (χ4n) is 2.41. The van der Waals surface area contributed by atoms with Crippen molar-refractivity contribution in [2.75, 3.05) is 0 Å². The molecule has 3 rings (SSSR count). The molecule has 0 fully saturated rings. The third-order valence-corrected chi connectivity index (χ3v) is 3.35. The number of fused-ring (bicyclic) bond motifs is 1. The molecule has 86 valence electrons. The van der Waals surface area contributed by atoms with Gasteiger partial charge in [-0.1, -0.05) is 18.2 Å². The highest BCUT2D eigenvalue weighted by Crippen LogP contribution is 2.26. The first-order chi connectivity index (χ1) is 8.34. The van der Waals surface area contributed by atoms with Gasteiger partial charge in [0.2, 0.25) is 0 Å². The molecule has 0 radical (unpaired) electrons. The Hall–Kier alpha value is -1.74. The van der Waals surface area contributed by atoms with Crippen LogP contribution in [0.15, 0.2) is 36.7 Å².